The van der Waals surface area contributed by atoms with Crippen LogP contribution in [0, 0.1) is 13.8 Å². The lowest BCUT2D eigenvalue weighted by Crippen LogP contribution is -2.34. The molecule has 0 aromatic heterocycles. The molecule has 0 saturated carbocycles. The summed E-state index contributed by atoms with van der Waals surface area (Å²) in [5.74, 6) is 0. The second kappa shape index (κ2) is 5.65. The molecule has 1 heterocycles. The first-order valence-electron chi connectivity index (χ1n) is 6.63. The number of rotatable bonds is 4. The van der Waals surface area contributed by atoms with E-state index < -0.39 is 0 Å². The standard InChI is InChI=1S/C15H24N2/c1-12-6-7-14(9-13(12)2)10-17(3)11-15-5-4-8-16-15/h6-7,9,15-16H,4-5,8,10-11H2,1-3H3. The van der Waals surface area contributed by atoms with Crippen molar-refractivity contribution in [3.05, 3.63) is 34.9 Å². The lowest BCUT2D eigenvalue weighted by molar-refractivity contribution is 0.293. The highest BCUT2D eigenvalue weighted by atomic mass is 15.1. The molecule has 1 aromatic rings. The molecular weight excluding hydrogens is 208 g/mol. The van der Waals surface area contributed by atoms with Crippen LogP contribution in [-0.4, -0.2) is 31.1 Å². The Kier molecular flexibility index (Phi) is 4.19. The molecule has 1 saturated heterocycles. The minimum Gasteiger partial charge on any atom is -0.313 e. The summed E-state index contributed by atoms with van der Waals surface area (Å²) in [5, 5.41) is 3.55. The Morgan fingerprint density at radius 2 is 2.12 bits per heavy atom. The van der Waals surface area contributed by atoms with Crippen LogP contribution in [0.3, 0.4) is 0 Å². The summed E-state index contributed by atoms with van der Waals surface area (Å²) in [5.41, 5.74) is 4.21. The molecule has 2 heteroatoms. The number of hydrogen-bond donors (Lipinski definition) is 1. The molecule has 1 unspecified atom stereocenters. The van der Waals surface area contributed by atoms with Crippen LogP contribution in [0.1, 0.15) is 29.5 Å². The highest BCUT2D eigenvalue weighted by molar-refractivity contribution is 5.29. The monoisotopic (exact) mass is 232 g/mol. The van der Waals surface area contributed by atoms with Crippen molar-refractivity contribution in [3.63, 3.8) is 0 Å². The van der Waals surface area contributed by atoms with Gasteiger partial charge in [0.15, 0.2) is 0 Å². The van der Waals surface area contributed by atoms with Crippen LogP contribution < -0.4 is 5.32 Å². The van der Waals surface area contributed by atoms with E-state index in [1.807, 2.05) is 0 Å². The highest BCUT2D eigenvalue weighted by Gasteiger charge is 2.15. The summed E-state index contributed by atoms with van der Waals surface area (Å²) in [4.78, 5) is 2.42. The number of benzene rings is 1. The lowest BCUT2D eigenvalue weighted by atomic mass is 10.1. The van der Waals surface area contributed by atoms with Gasteiger partial charge in [-0.15, -0.1) is 0 Å². The van der Waals surface area contributed by atoms with Gasteiger partial charge in [-0.2, -0.15) is 0 Å². The first-order valence-corrected chi connectivity index (χ1v) is 6.63. The van der Waals surface area contributed by atoms with Crippen molar-refractivity contribution in [3.8, 4) is 0 Å². The van der Waals surface area contributed by atoms with E-state index in [2.05, 4.69) is 49.3 Å². The molecule has 0 amide bonds. The van der Waals surface area contributed by atoms with Gasteiger partial charge in [-0.1, -0.05) is 18.2 Å². The van der Waals surface area contributed by atoms with E-state index >= 15 is 0 Å². The van der Waals surface area contributed by atoms with Crippen molar-refractivity contribution in [2.24, 2.45) is 0 Å². The maximum Gasteiger partial charge on any atom is 0.0231 e. The molecule has 0 radical (unpaired) electrons. The van der Waals surface area contributed by atoms with Gasteiger partial charge in [0.25, 0.3) is 0 Å². The number of likely N-dealkylation sites (N-methyl/N-ethyl adjacent to an activating group) is 1. The maximum absolute atomic E-state index is 3.55. The van der Waals surface area contributed by atoms with E-state index in [-0.39, 0.29) is 0 Å². The minimum atomic E-state index is 0.701. The van der Waals surface area contributed by atoms with Crippen molar-refractivity contribution in [2.75, 3.05) is 20.1 Å². The third-order valence-corrected chi connectivity index (χ3v) is 3.72. The average molecular weight is 232 g/mol. The molecule has 1 aliphatic heterocycles. The zero-order valence-electron chi connectivity index (χ0n) is 11.3. The molecule has 94 valence electrons. The lowest BCUT2D eigenvalue weighted by Gasteiger charge is -2.21. The van der Waals surface area contributed by atoms with E-state index in [1.54, 1.807) is 0 Å². The number of nitrogens with one attached hydrogen (secondary N) is 1. The Bertz CT molecular complexity index is 367. The molecule has 2 nitrogen and oxygen atoms in total. The topological polar surface area (TPSA) is 15.3 Å². The van der Waals surface area contributed by atoms with Crippen molar-refractivity contribution in [2.45, 2.75) is 39.3 Å². The predicted octanol–water partition coefficient (Wildman–Crippen LogP) is 2.49. The fraction of sp³-hybridized carbons (Fsp3) is 0.600. The van der Waals surface area contributed by atoms with E-state index in [0.717, 1.165) is 13.1 Å². The summed E-state index contributed by atoms with van der Waals surface area (Å²) in [6.45, 7) is 7.77. The zero-order valence-corrected chi connectivity index (χ0v) is 11.3. The fourth-order valence-corrected chi connectivity index (χ4v) is 2.57. The summed E-state index contributed by atoms with van der Waals surface area (Å²) in [6, 6.07) is 7.49. The summed E-state index contributed by atoms with van der Waals surface area (Å²) in [7, 11) is 2.22. The van der Waals surface area contributed by atoms with E-state index in [4.69, 9.17) is 0 Å². The van der Waals surface area contributed by atoms with Gasteiger partial charge < -0.3 is 10.2 Å². The van der Waals surface area contributed by atoms with Gasteiger partial charge in [0.05, 0.1) is 0 Å². The van der Waals surface area contributed by atoms with Crippen molar-refractivity contribution < 1.29 is 0 Å². The van der Waals surface area contributed by atoms with Crippen LogP contribution in [0.15, 0.2) is 18.2 Å². The van der Waals surface area contributed by atoms with E-state index in [0.29, 0.717) is 6.04 Å². The first-order chi connectivity index (χ1) is 8.15. The largest absolute Gasteiger partial charge is 0.313 e. The number of nitrogens with zero attached hydrogens (tertiary/aromatic N) is 1. The summed E-state index contributed by atoms with van der Waals surface area (Å²) in [6.07, 6.45) is 2.67. The molecule has 1 atom stereocenters. The van der Waals surface area contributed by atoms with Crippen LogP contribution in [-0.2, 0) is 6.54 Å². The van der Waals surface area contributed by atoms with Gasteiger partial charge in [0.1, 0.15) is 0 Å². The van der Waals surface area contributed by atoms with Gasteiger partial charge in [-0.05, 0) is 57.0 Å². The Balaban J connectivity index is 1.88. The maximum atomic E-state index is 3.55. The molecular formula is C15H24N2. The van der Waals surface area contributed by atoms with Crippen molar-refractivity contribution in [1.82, 2.24) is 10.2 Å². The molecule has 0 bridgehead atoms. The van der Waals surface area contributed by atoms with Crippen molar-refractivity contribution >= 4 is 0 Å². The van der Waals surface area contributed by atoms with Crippen LogP contribution >= 0.6 is 0 Å². The average Bonchev–Trinajstić information content (AvgIpc) is 2.76. The van der Waals surface area contributed by atoms with Gasteiger partial charge in [-0.25, -0.2) is 0 Å². The van der Waals surface area contributed by atoms with Crippen LogP contribution in [0.2, 0.25) is 0 Å². The molecule has 1 N–H and O–H groups in total. The second-order valence-corrected chi connectivity index (χ2v) is 5.41. The van der Waals surface area contributed by atoms with Crippen molar-refractivity contribution in [1.29, 1.82) is 0 Å². The smallest absolute Gasteiger partial charge is 0.0231 e. The fourth-order valence-electron chi connectivity index (χ4n) is 2.57. The third-order valence-electron chi connectivity index (χ3n) is 3.72. The van der Waals surface area contributed by atoms with Crippen LogP contribution in [0.25, 0.3) is 0 Å². The van der Waals surface area contributed by atoms with Crippen LogP contribution in [0.5, 0.6) is 0 Å². The first kappa shape index (κ1) is 12.6. The summed E-state index contributed by atoms with van der Waals surface area (Å²) < 4.78 is 0. The molecule has 1 aliphatic rings. The molecule has 0 aliphatic carbocycles. The van der Waals surface area contributed by atoms with Gasteiger partial charge in [0.2, 0.25) is 0 Å². The Morgan fingerprint density at radius 3 is 2.76 bits per heavy atom. The van der Waals surface area contributed by atoms with Gasteiger partial charge in [-0.3, -0.25) is 0 Å². The quantitative estimate of drug-likeness (QED) is 0.858. The number of aryl methyl sites for hydroxylation is 2. The van der Waals surface area contributed by atoms with E-state index in [9.17, 15) is 0 Å². The highest BCUT2D eigenvalue weighted by Crippen LogP contribution is 2.12. The SMILES string of the molecule is Cc1ccc(CN(C)CC2CCCN2)cc1C. The zero-order chi connectivity index (χ0) is 12.3. The van der Waals surface area contributed by atoms with Gasteiger partial charge >= 0.3 is 0 Å². The number of hydrogen-bond acceptors (Lipinski definition) is 2. The second-order valence-electron chi connectivity index (χ2n) is 5.41. The minimum absolute atomic E-state index is 0.701. The Morgan fingerprint density at radius 1 is 1.29 bits per heavy atom. The Hall–Kier alpha value is -0.860. The molecule has 1 fully saturated rings. The molecule has 1 aromatic carbocycles. The predicted molar refractivity (Wildman–Crippen MR) is 73.3 cm³/mol. The molecule has 2 rings (SSSR count). The Labute approximate surface area is 105 Å². The van der Waals surface area contributed by atoms with E-state index in [1.165, 1.54) is 36.1 Å². The summed E-state index contributed by atoms with van der Waals surface area (Å²) >= 11 is 0. The molecule has 0 spiro atoms. The van der Waals surface area contributed by atoms with Crippen LogP contribution in [0.4, 0.5) is 0 Å². The normalized spacial score (nSPS) is 20.1. The molecule has 17 heavy (non-hydrogen) atoms. The van der Waals surface area contributed by atoms with Gasteiger partial charge in [0, 0.05) is 19.1 Å². The third kappa shape index (κ3) is 3.55.